The normalized spacial score (nSPS) is 14.2. The molecule has 138 valence electrons. The summed E-state index contributed by atoms with van der Waals surface area (Å²) in [6.45, 7) is 0. The molecule has 3 rings (SSSR count). The molecule has 0 aromatic heterocycles. The van der Waals surface area contributed by atoms with Gasteiger partial charge in [0.2, 0.25) is 5.91 Å². The van der Waals surface area contributed by atoms with Gasteiger partial charge in [-0.05, 0) is 61.9 Å². The molecule has 0 unspecified atom stereocenters. The lowest BCUT2D eigenvalue weighted by atomic mass is 10.1. The van der Waals surface area contributed by atoms with Gasteiger partial charge >= 0.3 is 0 Å². The minimum Gasteiger partial charge on any atom is -0.490 e. The maximum absolute atomic E-state index is 12.4. The molecule has 1 saturated carbocycles. The molecule has 26 heavy (non-hydrogen) atoms. The molecule has 0 heterocycles. The lowest BCUT2D eigenvalue weighted by Gasteiger charge is -2.17. The third kappa shape index (κ3) is 5.01. The summed E-state index contributed by atoms with van der Waals surface area (Å²) < 4.78 is 6.05. The minimum atomic E-state index is 0.0291. The van der Waals surface area contributed by atoms with Gasteiger partial charge in [0.15, 0.2) is 0 Å². The topological polar surface area (TPSA) is 41.6 Å². The van der Waals surface area contributed by atoms with Gasteiger partial charge in [-0.1, -0.05) is 24.3 Å². The number of hydrogen-bond acceptors (Lipinski definition) is 3. The van der Waals surface area contributed by atoms with Crippen LogP contribution in [0.15, 0.2) is 48.5 Å². The number of aryl methyl sites for hydroxylation is 1. The standard InChI is InChI=1S/C22H28N2O2/c1-24(2)21-13-6-5-12-20(21)23-22(25)15-14-17-8-7-11-19(16-17)26-18-9-3-4-10-18/h5-8,11-13,16,18H,3-4,9-10,14-15H2,1-2H3,(H,23,25). The molecule has 0 saturated heterocycles. The van der Waals surface area contributed by atoms with Crippen LogP contribution in [0.4, 0.5) is 11.4 Å². The highest BCUT2D eigenvalue weighted by molar-refractivity contribution is 5.94. The lowest BCUT2D eigenvalue weighted by molar-refractivity contribution is -0.116. The monoisotopic (exact) mass is 352 g/mol. The second-order valence-electron chi connectivity index (χ2n) is 7.13. The van der Waals surface area contributed by atoms with Crippen LogP contribution in [0.1, 0.15) is 37.7 Å². The van der Waals surface area contributed by atoms with Crippen molar-refractivity contribution in [1.82, 2.24) is 0 Å². The van der Waals surface area contributed by atoms with Gasteiger partial charge in [-0.2, -0.15) is 0 Å². The van der Waals surface area contributed by atoms with Gasteiger partial charge in [-0.25, -0.2) is 0 Å². The number of para-hydroxylation sites is 2. The SMILES string of the molecule is CN(C)c1ccccc1NC(=O)CCc1cccc(OC2CCCC2)c1. The summed E-state index contributed by atoms with van der Waals surface area (Å²) in [5.74, 6) is 0.953. The van der Waals surface area contributed by atoms with E-state index in [0.29, 0.717) is 18.9 Å². The highest BCUT2D eigenvalue weighted by atomic mass is 16.5. The molecule has 1 aliphatic carbocycles. The Morgan fingerprint density at radius 2 is 1.88 bits per heavy atom. The number of benzene rings is 2. The smallest absolute Gasteiger partial charge is 0.224 e. The van der Waals surface area contributed by atoms with Crippen molar-refractivity contribution in [2.75, 3.05) is 24.3 Å². The summed E-state index contributed by atoms with van der Waals surface area (Å²) in [6.07, 6.45) is 6.34. The zero-order chi connectivity index (χ0) is 18.4. The number of amides is 1. The van der Waals surface area contributed by atoms with E-state index in [9.17, 15) is 4.79 Å². The number of anilines is 2. The van der Waals surface area contributed by atoms with Crippen molar-refractivity contribution in [3.8, 4) is 5.75 Å². The van der Waals surface area contributed by atoms with E-state index < -0.39 is 0 Å². The van der Waals surface area contributed by atoms with Gasteiger partial charge in [-0.3, -0.25) is 4.79 Å². The number of rotatable bonds is 7. The van der Waals surface area contributed by atoms with Crippen LogP contribution in [0.25, 0.3) is 0 Å². The van der Waals surface area contributed by atoms with Crippen molar-refractivity contribution in [2.24, 2.45) is 0 Å². The number of nitrogens with zero attached hydrogens (tertiary/aromatic N) is 1. The summed E-state index contributed by atoms with van der Waals surface area (Å²) in [7, 11) is 3.95. The fourth-order valence-electron chi connectivity index (χ4n) is 3.41. The predicted molar refractivity (Wildman–Crippen MR) is 107 cm³/mol. The van der Waals surface area contributed by atoms with Crippen molar-refractivity contribution in [2.45, 2.75) is 44.6 Å². The maximum Gasteiger partial charge on any atom is 0.224 e. The van der Waals surface area contributed by atoms with Crippen molar-refractivity contribution >= 4 is 17.3 Å². The summed E-state index contributed by atoms with van der Waals surface area (Å²) in [5, 5.41) is 3.02. The van der Waals surface area contributed by atoms with Crippen LogP contribution in [0, 0.1) is 0 Å². The first-order valence-corrected chi connectivity index (χ1v) is 9.43. The molecule has 0 bridgehead atoms. The largest absolute Gasteiger partial charge is 0.490 e. The van der Waals surface area contributed by atoms with Crippen LogP contribution >= 0.6 is 0 Å². The molecular weight excluding hydrogens is 324 g/mol. The fraction of sp³-hybridized carbons (Fsp3) is 0.409. The van der Waals surface area contributed by atoms with Gasteiger partial charge in [0, 0.05) is 20.5 Å². The highest BCUT2D eigenvalue weighted by Gasteiger charge is 2.16. The molecule has 1 fully saturated rings. The number of hydrogen-bond donors (Lipinski definition) is 1. The molecule has 0 aliphatic heterocycles. The van der Waals surface area contributed by atoms with E-state index in [-0.39, 0.29) is 5.91 Å². The van der Waals surface area contributed by atoms with Crippen LogP contribution in [0.5, 0.6) is 5.75 Å². The first-order chi connectivity index (χ1) is 12.6. The summed E-state index contributed by atoms with van der Waals surface area (Å²) in [5.41, 5.74) is 2.99. The molecule has 4 heteroatoms. The third-order valence-electron chi connectivity index (χ3n) is 4.80. The molecule has 1 amide bonds. The van der Waals surface area contributed by atoms with Crippen LogP contribution < -0.4 is 15.0 Å². The Balaban J connectivity index is 1.54. The molecule has 0 radical (unpaired) electrons. The van der Waals surface area contributed by atoms with Crippen molar-refractivity contribution < 1.29 is 9.53 Å². The van der Waals surface area contributed by atoms with E-state index in [1.807, 2.05) is 55.4 Å². The second kappa shape index (κ2) is 8.75. The fourth-order valence-corrected chi connectivity index (χ4v) is 3.41. The number of carbonyl (C=O) groups is 1. The Morgan fingerprint density at radius 1 is 1.12 bits per heavy atom. The second-order valence-corrected chi connectivity index (χ2v) is 7.13. The summed E-state index contributed by atoms with van der Waals surface area (Å²) >= 11 is 0. The molecular formula is C22H28N2O2. The first kappa shape index (κ1) is 18.3. The molecule has 0 spiro atoms. The average molecular weight is 352 g/mol. The van der Waals surface area contributed by atoms with E-state index in [1.165, 1.54) is 12.8 Å². The van der Waals surface area contributed by atoms with Crippen molar-refractivity contribution in [3.05, 3.63) is 54.1 Å². The summed E-state index contributed by atoms with van der Waals surface area (Å²) in [4.78, 5) is 14.4. The Morgan fingerprint density at radius 3 is 2.65 bits per heavy atom. The number of carbonyl (C=O) groups excluding carboxylic acids is 1. The zero-order valence-electron chi connectivity index (χ0n) is 15.7. The Kier molecular flexibility index (Phi) is 6.16. The highest BCUT2D eigenvalue weighted by Crippen LogP contribution is 2.26. The number of ether oxygens (including phenoxy) is 1. The van der Waals surface area contributed by atoms with Crippen LogP contribution in [0.2, 0.25) is 0 Å². The quantitative estimate of drug-likeness (QED) is 0.789. The van der Waals surface area contributed by atoms with Crippen molar-refractivity contribution in [3.63, 3.8) is 0 Å². The van der Waals surface area contributed by atoms with Gasteiger partial charge in [0.1, 0.15) is 5.75 Å². The zero-order valence-corrected chi connectivity index (χ0v) is 15.7. The van der Waals surface area contributed by atoms with Crippen LogP contribution in [-0.2, 0) is 11.2 Å². The van der Waals surface area contributed by atoms with Gasteiger partial charge in [-0.15, -0.1) is 0 Å². The van der Waals surface area contributed by atoms with E-state index in [2.05, 4.69) is 17.4 Å². The Bertz CT molecular complexity index is 736. The Labute approximate surface area is 156 Å². The molecule has 4 nitrogen and oxygen atoms in total. The van der Waals surface area contributed by atoms with Crippen LogP contribution in [-0.4, -0.2) is 26.1 Å². The Hall–Kier alpha value is -2.49. The average Bonchev–Trinajstić information content (AvgIpc) is 3.13. The molecule has 1 aliphatic rings. The van der Waals surface area contributed by atoms with Gasteiger partial charge in [0.25, 0.3) is 0 Å². The molecule has 2 aromatic rings. The molecule has 2 aromatic carbocycles. The van der Waals surface area contributed by atoms with E-state index in [1.54, 1.807) is 0 Å². The van der Waals surface area contributed by atoms with E-state index in [0.717, 1.165) is 35.5 Å². The maximum atomic E-state index is 12.4. The predicted octanol–water partition coefficient (Wildman–Crippen LogP) is 4.65. The molecule has 1 N–H and O–H groups in total. The van der Waals surface area contributed by atoms with Crippen molar-refractivity contribution in [1.29, 1.82) is 0 Å². The minimum absolute atomic E-state index is 0.0291. The van der Waals surface area contributed by atoms with Crippen LogP contribution in [0.3, 0.4) is 0 Å². The third-order valence-corrected chi connectivity index (χ3v) is 4.80. The van der Waals surface area contributed by atoms with Gasteiger partial charge in [0.05, 0.1) is 17.5 Å². The van der Waals surface area contributed by atoms with Gasteiger partial charge < -0.3 is 15.0 Å². The lowest BCUT2D eigenvalue weighted by Crippen LogP contribution is -2.17. The first-order valence-electron chi connectivity index (χ1n) is 9.43. The molecule has 0 atom stereocenters. The summed E-state index contributed by atoms with van der Waals surface area (Å²) in [6, 6.07) is 16.0. The van der Waals surface area contributed by atoms with E-state index >= 15 is 0 Å². The van der Waals surface area contributed by atoms with E-state index in [4.69, 9.17) is 4.74 Å². The number of nitrogens with one attached hydrogen (secondary N) is 1.